The fourth-order valence-corrected chi connectivity index (χ4v) is 4.23. The zero-order chi connectivity index (χ0) is 22.8. The molecular formula is C25H23N7O. The van der Waals surface area contributed by atoms with E-state index in [4.69, 9.17) is 11.4 Å². The smallest absolute Gasteiger partial charge is 0.293 e. The van der Waals surface area contributed by atoms with Crippen LogP contribution in [0.1, 0.15) is 18.2 Å². The summed E-state index contributed by atoms with van der Waals surface area (Å²) in [6.07, 6.45) is 8.96. The number of terminal acetylenes is 1. The predicted octanol–water partition coefficient (Wildman–Crippen LogP) is 1.60. The van der Waals surface area contributed by atoms with Crippen molar-refractivity contribution < 1.29 is 0 Å². The van der Waals surface area contributed by atoms with Crippen molar-refractivity contribution in [2.24, 2.45) is 0 Å². The molecule has 4 heterocycles. The van der Waals surface area contributed by atoms with Gasteiger partial charge in [-0.15, -0.1) is 12.3 Å². The number of imidazole rings is 1. The zero-order valence-corrected chi connectivity index (χ0v) is 18.4. The molecule has 1 aliphatic heterocycles. The van der Waals surface area contributed by atoms with E-state index in [-0.39, 0.29) is 12.1 Å². The highest BCUT2D eigenvalue weighted by atomic mass is 16.1. The van der Waals surface area contributed by atoms with Gasteiger partial charge in [0.25, 0.3) is 5.56 Å². The second kappa shape index (κ2) is 8.78. The van der Waals surface area contributed by atoms with Crippen molar-refractivity contribution >= 4 is 27.8 Å². The van der Waals surface area contributed by atoms with E-state index in [0.717, 1.165) is 54.2 Å². The second-order valence-corrected chi connectivity index (χ2v) is 7.81. The minimum Gasteiger partial charge on any atom is -0.340 e. The fourth-order valence-electron chi connectivity index (χ4n) is 4.23. The van der Waals surface area contributed by atoms with E-state index >= 15 is 0 Å². The largest absolute Gasteiger partial charge is 0.340 e. The molecule has 0 radical (unpaired) electrons. The van der Waals surface area contributed by atoms with Crippen LogP contribution in [0.15, 0.2) is 41.5 Å². The Bertz CT molecular complexity index is 1510. The third kappa shape index (κ3) is 3.71. The molecule has 1 fully saturated rings. The van der Waals surface area contributed by atoms with E-state index in [1.807, 2.05) is 28.8 Å². The molecule has 1 saturated heterocycles. The van der Waals surface area contributed by atoms with Crippen molar-refractivity contribution in [3.8, 4) is 24.2 Å². The summed E-state index contributed by atoms with van der Waals surface area (Å²) >= 11 is 0. The van der Waals surface area contributed by atoms with Gasteiger partial charge in [-0.3, -0.25) is 14.3 Å². The molecule has 0 aliphatic carbocycles. The first-order valence-electron chi connectivity index (χ1n) is 10.9. The molecule has 0 amide bonds. The van der Waals surface area contributed by atoms with Crippen molar-refractivity contribution in [1.82, 2.24) is 29.6 Å². The lowest BCUT2D eigenvalue weighted by molar-refractivity contribution is 0.572. The maximum absolute atomic E-state index is 13.6. The molecule has 164 valence electrons. The van der Waals surface area contributed by atoms with E-state index in [2.05, 4.69) is 38.1 Å². The Hall–Kier alpha value is -4.14. The Morgan fingerprint density at radius 1 is 1.15 bits per heavy atom. The Kier molecular flexibility index (Phi) is 5.52. The van der Waals surface area contributed by atoms with E-state index in [1.54, 1.807) is 19.3 Å². The van der Waals surface area contributed by atoms with Gasteiger partial charge in [-0.2, -0.15) is 5.10 Å². The molecule has 0 spiro atoms. The standard InChI is InChI=1S/C25H23N7O/c1-3-5-12-31-23-21(29-25(31)30-13-10-26-11-14-30)16-28-32(24(23)33)17-22-20-9-7-6-8-19(20)18(4-2)15-27-22/h2,6-9,15-16,26H,10-14,17H2,1H3. The van der Waals surface area contributed by atoms with Crippen LogP contribution in [0.4, 0.5) is 5.95 Å². The lowest BCUT2D eigenvalue weighted by Crippen LogP contribution is -2.44. The molecular weight excluding hydrogens is 414 g/mol. The minimum atomic E-state index is -0.216. The lowest BCUT2D eigenvalue weighted by Gasteiger charge is -2.28. The highest BCUT2D eigenvalue weighted by Gasteiger charge is 2.22. The summed E-state index contributed by atoms with van der Waals surface area (Å²) in [6, 6.07) is 7.80. The summed E-state index contributed by atoms with van der Waals surface area (Å²) in [5.41, 5.74) is 2.32. The van der Waals surface area contributed by atoms with Gasteiger partial charge in [0.15, 0.2) is 0 Å². The van der Waals surface area contributed by atoms with Crippen molar-refractivity contribution in [2.75, 3.05) is 31.1 Å². The maximum Gasteiger partial charge on any atom is 0.293 e. The number of benzene rings is 1. The van der Waals surface area contributed by atoms with Crippen LogP contribution in [0, 0.1) is 24.2 Å². The van der Waals surface area contributed by atoms with Gasteiger partial charge in [-0.05, 0) is 6.92 Å². The molecule has 8 nitrogen and oxygen atoms in total. The topological polar surface area (TPSA) is 80.9 Å². The van der Waals surface area contributed by atoms with E-state index in [1.165, 1.54) is 4.68 Å². The van der Waals surface area contributed by atoms with Gasteiger partial charge in [-0.25, -0.2) is 9.67 Å². The number of nitrogens with one attached hydrogen (secondary N) is 1. The number of pyridine rings is 1. The van der Waals surface area contributed by atoms with Crippen LogP contribution < -0.4 is 15.8 Å². The molecule has 4 aromatic rings. The van der Waals surface area contributed by atoms with Gasteiger partial charge in [0.2, 0.25) is 5.95 Å². The number of anilines is 1. The number of hydrogen-bond donors (Lipinski definition) is 1. The zero-order valence-electron chi connectivity index (χ0n) is 18.4. The first kappa shape index (κ1) is 20.7. The fraction of sp³-hybridized carbons (Fsp3) is 0.280. The van der Waals surface area contributed by atoms with E-state index < -0.39 is 0 Å². The molecule has 5 rings (SSSR count). The third-order valence-corrected chi connectivity index (χ3v) is 5.88. The Labute approximate surface area is 191 Å². The van der Waals surface area contributed by atoms with Gasteiger partial charge >= 0.3 is 0 Å². The average Bonchev–Trinajstić information content (AvgIpc) is 3.24. The van der Waals surface area contributed by atoms with Crippen LogP contribution in [0.25, 0.3) is 21.8 Å². The van der Waals surface area contributed by atoms with Gasteiger partial charge in [0.1, 0.15) is 11.0 Å². The van der Waals surface area contributed by atoms with Gasteiger partial charge in [0, 0.05) is 43.1 Å². The van der Waals surface area contributed by atoms with Crippen molar-refractivity contribution in [1.29, 1.82) is 0 Å². The summed E-state index contributed by atoms with van der Waals surface area (Å²) in [6.45, 7) is 5.80. The number of nitrogens with zero attached hydrogens (tertiary/aromatic N) is 6. The molecule has 1 aromatic carbocycles. The van der Waals surface area contributed by atoms with E-state index in [9.17, 15) is 4.79 Å². The van der Waals surface area contributed by atoms with Gasteiger partial charge < -0.3 is 10.2 Å². The number of hydrogen-bond acceptors (Lipinski definition) is 6. The third-order valence-electron chi connectivity index (χ3n) is 5.88. The monoisotopic (exact) mass is 437 g/mol. The number of fused-ring (bicyclic) bond motifs is 2. The average molecular weight is 438 g/mol. The van der Waals surface area contributed by atoms with Gasteiger partial charge in [0.05, 0.1) is 30.5 Å². The quantitative estimate of drug-likeness (QED) is 0.489. The molecule has 0 bridgehead atoms. The van der Waals surface area contributed by atoms with Crippen molar-refractivity contribution in [2.45, 2.75) is 20.0 Å². The molecule has 0 atom stereocenters. The summed E-state index contributed by atoms with van der Waals surface area (Å²) in [5, 5.41) is 9.60. The lowest BCUT2D eigenvalue weighted by atomic mass is 10.1. The second-order valence-electron chi connectivity index (χ2n) is 7.81. The summed E-state index contributed by atoms with van der Waals surface area (Å²) in [5.74, 6) is 9.45. The number of rotatable bonds is 4. The van der Waals surface area contributed by atoms with Crippen molar-refractivity contribution in [3.63, 3.8) is 0 Å². The number of aromatic nitrogens is 5. The summed E-state index contributed by atoms with van der Waals surface area (Å²) < 4.78 is 3.34. The molecule has 0 unspecified atom stereocenters. The first-order chi connectivity index (χ1) is 16.2. The SMILES string of the molecule is C#Cc1cnc(Cn2ncc3nc(N4CCNCC4)n(CC#CC)c3c2=O)c2ccccc12. The predicted molar refractivity (Wildman–Crippen MR) is 129 cm³/mol. The van der Waals surface area contributed by atoms with E-state index in [0.29, 0.717) is 17.6 Å². The molecule has 33 heavy (non-hydrogen) atoms. The highest BCUT2D eigenvalue weighted by molar-refractivity contribution is 5.89. The number of piperazine rings is 1. The van der Waals surface area contributed by atoms with Crippen LogP contribution in [0.3, 0.4) is 0 Å². The molecule has 3 aromatic heterocycles. The Morgan fingerprint density at radius 3 is 2.70 bits per heavy atom. The molecule has 1 N–H and O–H groups in total. The van der Waals surface area contributed by atoms with Crippen LogP contribution >= 0.6 is 0 Å². The van der Waals surface area contributed by atoms with Crippen molar-refractivity contribution in [3.05, 3.63) is 58.3 Å². The Morgan fingerprint density at radius 2 is 1.94 bits per heavy atom. The normalized spacial score (nSPS) is 13.6. The van der Waals surface area contributed by atoms with Crippen LogP contribution in [-0.4, -0.2) is 50.5 Å². The minimum absolute atomic E-state index is 0.216. The van der Waals surface area contributed by atoms with Crippen LogP contribution in [0.2, 0.25) is 0 Å². The summed E-state index contributed by atoms with van der Waals surface area (Å²) in [7, 11) is 0. The molecule has 1 aliphatic rings. The summed E-state index contributed by atoms with van der Waals surface area (Å²) in [4.78, 5) is 25.1. The van der Waals surface area contributed by atoms with Gasteiger partial charge in [-0.1, -0.05) is 36.1 Å². The first-order valence-corrected chi connectivity index (χ1v) is 10.9. The van der Waals surface area contributed by atoms with Crippen LogP contribution in [0.5, 0.6) is 0 Å². The van der Waals surface area contributed by atoms with Crippen LogP contribution in [-0.2, 0) is 13.1 Å². The molecule has 0 saturated carbocycles. The molecule has 8 heteroatoms. The highest BCUT2D eigenvalue weighted by Crippen LogP contribution is 2.22. The maximum atomic E-state index is 13.6. The Balaban J connectivity index is 1.63.